The molecule has 0 aliphatic carbocycles. The highest BCUT2D eigenvalue weighted by atomic mass is 14.1. The third kappa shape index (κ3) is 4.09. The summed E-state index contributed by atoms with van der Waals surface area (Å²) in [6.45, 7) is 4.55. The van der Waals surface area contributed by atoms with Crippen LogP contribution in [-0.2, 0) is 6.42 Å². The van der Waals surface area contributed by atoms with Crippen LogP contribution < -0.4 is 6.15 Å². The van der Waals surface area contributed by atoms with Gasteiger partial charge in [0.05, 0.1) is 0 Å². The van der Waals surface area contributed by atoms with Gasteiger partial charge in [0.2, 0.25) is 0 Å². The van der Waals surface area contributed by atoms with E-state index in [9.17, 15) is 0 Å². The van der Waals surface area contributed by atoms with E-state index < -0.39 is 0 Å². The van der Waals surface area contributed by atoms with E-state index in [-0.39, 0.29) is 6.15 Å². The second kappa shape index (κ2) is 6.67. The number of rotatable bonds is 4. The maximum absolute atomic E-state index is 2.27. The van der Waals surface area contributed by atoms with Crippen molar-refractivity contribution in [3.05, 3.63) is 35.9 Å². The van der Waals surface area contributed by atoms with Crippen molar-refractivity contribution in [3.8, 4) is 0 Å². The van der Waals surface area contributed by atoms with Gasteiger partial charge in [-0.2, -0.15) is 0 Å². The molecule has 1 rings (SSSR count). The SMILES string of the molecule is CCC(CC)Cc1ccccc1.N. The monoisotopic (exact) mass is 179 g/mol. The summed E-state index contributed by atoms with van der Waals surface area (Å²) in [6, 6.07) is 10.8. The van der Waals surface area contributed by atoms with E-state index in [1.165, 1.54) is 24.8 Å². The zero-order valence-corrected chi connectivity index (χ0v) is 8.79. The van der Waals surface area contributed by atoms with Gasteiger partial charge in [-0.25, -0.2) is 0 Å². The Hall–Kier alpha value is -0.820. The summed E-state index contributed by atoms with van der Waals surface area (Å²) in [5, 5.41) is 0. The van der Waals surface area contributed by atoms with Crippen molar-refractivity contribution in [2.45, 2.75) is 33.1 Å². The fraction of sp³-hybridized carbons (Fsp3) is 0.500. The average molecular weight is 179 g/mol. The van der Waals surface area contributed by atoms with Crippen LogP contribution in [0.15, 0.2) is 30.3 Å². The quantitative estimate of drug-likeness (QED) is 0.749. The highest BCUT2D eigenvalue weighted by Gasteiger charge is 2.03. The molecule has 0 aliphatic heterocycles. The summed E-state index contributed by atoms with van der Waals surface area (Å²) < 4.78 is 0. The smallest absolute Gasteiger partial charge is 0.0251 e. The van der Waals surface area contributed by atoms with E-state index in [1.54, 1.807) is 0 Å². The molecule has 1 heteroatoms. The third-order valence-electron chi connectivity index (χ3n) is 2.52. The van der Waals surface area contributed by atoms with E-state index >= 15 is 0 Å². The molecule has 0 aromatic heterocycles. The number of hydrogen-bond acceptors (Lipinski definition) is 1. The topological polar surface area (TPSA) is 35.0 Å². The van der Waals surface area contributed by atoms with Crippen molar-refractivity contribution in [1.82, 2.24) is 6.15 Å². The summed E-state index contributed by atoms with van der Waals surface area (Å²) in [5.74, 6) is 0.868. The lowest BCUT2D eigenvalue weighted by atomic mass is 9.95. The van der Waals surface area contributed by atoms with Crippen molar-refractivity contribution in [2.75, 3.05) is 0 Å². The van der Waals surface area contributed by atoms with Gasteiger partial charge in [-0.15, -0.1) is 0 Å². The summed E-state index contributed by atoms with van der Waals surface area (Å²) in [6.07, 6.45) is 3.84. The highest BCUT2D eigenvalue weighted by Crippen LogP contribution is 2.14. The molecule has 0 heterocycles. The molecule has 3 N–H and O–H groups in total. The maximum atomic E-state index is 2.27. The Morgan fingerprint density at radius 2 is 1.54 bits per heavy atom. The van der Waals surface area contributed by atoms with Crippen molar-refractivity contribution in [1.29, 1.82) is 0 Å². The second-order valence-electron chi connectivity index (χ2n) is 3.37. The van der Waals surface area contributed by atoms with Gasteiger partial charge in [-0.05, 0) is 17.9 Å². The van der Waals surface area contributed by atoms with Gasteiger partial charge < -0.3 is 6.15 Å². The number of hydrogen-bond donors (Lipinski definition) is 1. The lowest BCUT2D eigenvalue weighted by Crippen LogP contribution is -2.00. The lowest BCUT2D eigenvalue weighted by molar-refractivity contribution is 0.490. The Morgan fingerprint density at radius 1 is 1.00 bits per heavy atom. The van der Waals surface area contributed by atoms with Crippen LogP contribution in [0.1, 0.15) is 32.3 Å². The molecule has 0 unspecified atom stereocenters. The van der Waals surface area contributed by atoms with E-state index in [2.05, 4.69) is 44.2 Å². The molecule has 1 nitrogen and oxygen atoms in total. The summed E-state index contributed by atoms with van der Waals surface area (Å²) >= 11 is 0. The van der Waals surface area contributed by atoms with Gasteiger partial charge in [0.15, 0.2) is 0 Å². The van der Waals surface area contributed by atoms with Gasteiger partial charge in [0.25, 0.3) is 0 Å². The minimum Gasteiger partial charge on any atom is -0.344 e. The molecular weight excluding hydrogens is 158 g/mol. The minimum absolute atomic E-state index is 0. The van der Waals surface area contributed by atoms with Crippen LogP contribution in [0.4, 0.5) is 0 Å². The molecule has 74 valence electrons. The van der Waals surface area contributed by atoms with Gasteiger partial charge in [0, 0.05) is 0 Å². The lowest BCUT2D eigenvalue weighted by Gasteiger charge is -2.11. The van der Waals surface area contributed by atoms with Gasteiger partial charge in [-0.3, -0.25) is 0 Å². The third-order valence-corrected chi connectivity index (χ3v) is 2.52. The summed E-state index contributed by atoms with van der Waals surface area (Å²) in [4.78, 5) is 0. The van der Waals surface area contributed by atoms with Gasteiger partial charge in [-0.1, -0.05) is 57.0 Å². The first-order valence-corrected chi connectivity index (χ1v) is 4.90. The van der Waals surface area contributed by atoms with Crippen molar-refractivity contribution < 1.29 is 0 Å². The molecule has 0 saturated heterocycles. The van der Waals surface area contributed by atoms with Crippen LogP contribution in [-0.4, -0.2) is 0 Å². The molecule has 0 aliphatic rings. The molecule has 0 amide bonds. The average Bonchev–Trinajstić information content (AvgIpc) is 2.16. The van der Waals surface area contributed by atoms with Crippen molar-refractivity contribution in [2.24, 2.45) is 5.92 Å². The van der Waals surface area contributed by atoms with Crippen LogP contribution in [0, 0.1) is 5.92 Å². The van der Waals surface area contributed by atoms with Crippen LogP contribution in [0.3, 0.4) is 0 Å². The molecule has 0 atom stereocenters. The molecule has 0 bridgehead atoms. The fourth-order valence-electron chi connectivity index (χ4n) is 1.52. The molecule has 13 heavy (non-hydrogen) atoms. The van der Waals surface area contributed by atoms with E-state index in [0.29, 0.717) is 0 Å². The Balaban J connectivity index is 0.00000144. The Morgan fingerprint density at radius 3 is 2.00 bits per heavy atom. The summed E-state index contributed by atoms with van der Waals surface area (Å²) in [7, 11) is 0. The normalized spacial score (nSPS) is 9.77. The molecular formula is C12H21N. The first kappa shape index (κ1) is 12.2. The molecule has 1 aromatic rings. The van der Waals surface area contributed by atoms with Crippen molar-refractivity contribution in [3.63, 3.8) is 0 Å². The van der Waals surface area contributed by atoms with E-state index in [4.69, 9.17) is 0 Å². The van der Waals surface area contributed by atoms with E-state index in [1.807, 2.05) is 0 Å². The van der Waals surface area contributed by atoms with Crippen molar-refractivity contribution >= 4 is 0 Å². The van der Waals surface area contributed by atoms with E-state index in [0.717, 1.165) is 5.92 Å². The van der Waals surface area contributed by atoms with Crippen LogP contribution in [0.5, 0.6) is 0 Å². The summed E-state index contributed by atoms with van der Waals surface area (Å²) in [5.41, 5.74) is 1.48. The predicted molar refractivity (Wildman–Crippen MR) is 59.2 cm³/mol. The molecule has 0 radical (unpaired) electrons. The Labute approximate surface area is 81.8 Å². The Kier molecular flexibility index (Phi) is 6.25. The zero-order chi connectivity index (χ0) is 8.81. The number of benzene rings is 1. The Bertz CT molecular complexity index is 202. The van der Waals surface area contributed by atoms with Gasteiger partial charge in [0.1, 0.15) is 0 Å². The minimum atomic E-state index is 0. The standard InChI is InChI=1S/C12H18.H3N/c1-3-11(4-2)10-12-8-6-5-7-9-12;/h5-9,11H,3-4,10H2,1-2H3;1H3. The van der Waals surface area contributed by atoms with Gasteiger partial charge >= 0.3 is 0 Å². The first-order chi connectivity index (χ1) is 5.86. The fourth-order valence-corrected chi connectivity index (χ4v) is 1.52. The molecule has 0 spiro atoms. The second-order valence-corrected chi connectivity index (χ2v) is 3.37. The molecule has 0 saturated carbocycles. The maximum Gasteiger partial charge on any atom is -0.0251 e. The first-order valence-electron chi connectivity index (χ1n) is 4.90. The molecule has 1 aromatic carbocycles. The predicted octanol–water partition coefficient (Wildman–Crippen LogP) is 3.83. The largest absolute Gasteiger partial charge is 0.344 e. The van der Waals surface area contributed by atoms with Crippen LogP contribution in [0.2, 0.25) is 0 Å². The zero-order valence-electron chi connectivity index (χ0n) is 8.79. The van der Waals surface area contributed by atoms with Crippen LogP contribution in [0.25, 0.3) is 0 Å². The highest BCUT2D eigenvalue weighted by molar-refractivity contribution is 5.15. The van der Waals surface area contributed by atoms with Crippen LogP contribution >= 0.6 is 0 Å². The molecule has 0 fully saturated rings.